The highest BCUT2D eigenvalue weighted by Crippen LogP contribution is 2.22. The molecular weight excluding hydrogens is 218 g/mol. The second kappa shape index (κ2) is 5.44. The largest absolute Gasteiger partial charge is 0.496 e. The third-order valence-electron chi connectivity index (χ3n) is 1.96. The van der Waals surface area contributed by atoms with Gasteiger partial charge in [-0.3, -0.25) is 4.79 Å². The van der Waals surface area contributed by atoms with E-state index in [1.807, 2.05) is 0 Å². The molecule has 0 aliphatic heterocycles. The number of ether oxygens (including phenoxy) is 2. The molecular formula is C11H12F2O3. The number of carbonyl (C=O) groups excluding carboxylic acids is 1. The minimum Gasteiger partial charge on any atom is -0.496 e. The number of halogens is 2. The summed E-state index contributed by atoms with van der Waals surface area (Å²) < 4.78 is 35.4. The molecule has 16 heavy (non-hydrogen) atoms. The summed E-state index contributed by atoms with van der Waals surface area (Å²) in [6.07, 6.45) is -0.145. The van der Waals surface area contributed by atoms with Crippen molar-refractivity contribution in [2.24, 2.45) is 0 Å². The summed E-state index contributed by atoms with van der Waals surface area (Å²) in [5.41, 5.74) is 0.264. The van der Waals surface area contributed by atoms with Crippen molar-refractivity contribution in [2.45, 2.75) is 13.3 Å². The van der Waals surface area contributed by atoms with Crippen molar-refractivity contribution < 1.29 is 23.0 Å². The lowest BCUT2D eigenvalue weighted by Gasteiger charge is -2.08. The van der Waals surface area contributed by atoms with E-state index in [1.54, 1.807) is 6.92 Å². The van der Waals surface area contributed by atoms with E-state index in [4.69, 9.17) is 9.47 Å². The monoisotopic (exact) mass is 230 g/mol. The predicted molar refractivity (Wildman–Crippen MR) is 53.2 cm³/mol. The van der Waals surface area contributed by atoms with Crippen LogP contribution in [-0.2, 0) is 16.0 Å². The van der Waals surface area contributed by atoms with Crippen LogP contribution in [0.1, 0.15) is 12.5 Å². The van der Waals surface area contributed by atoms with Gasteiger partial charge in [0.15, 0.2) is 11.6 Å². The van der Waals surface area contributed by atoms with E-state index in [-0.39, 0.29) is 24.3 Å². The van der Waals surface area contributed by atoms with E-state index in [0.717, 1.165) is 12.1 Å². The van der Waals surface area contributed by atoms with Crippen LogP contribution in [0.5, 0.6) is 5.75 Å². The minimum absolute atomic E-state index is 0.131. The van der Waals surface area contributed by atoms with Gasteiger partial charge in [0, 0.05) is 11.6 Å². The van der Waals surface area contributed by atoms with Gasteiger partial charge in [-0.1, -0.05) is 0 Å². The van der Waals surface area contributed by atoms with Crippen molar-refractivity contribution in [3.63, 3.8) is 0 Å². The Morgan fingerprint density at radius 1 is 1.31 bits per heavy atom. The van der Waals surface area contributed by atoms with Crippen molar-refractivity contribution in [3.8, 4) is 5.75 Å². The maximum absolute atomic E-state index is 12.9. The van der Waals surface area contributed by atoms with Crippen LogP contribution in [0.15, 0.2) is 12.1 Å². The zero-order valence-electron chi connectivity index (χ0n) is 9.05. The molecule has 0 aromatic heterocycles. The second-order valence-electron chi connectivity index (χ2n) is 3.06. The molecule has 0 bridgehead atoms. The SMILES string of the molecule is CCOC(=O)Cc1cc(F)c(F)cc1OC. The van der Waals surface area contributed by atoms with Crippen LogP contribution in [0, 0.1) is 11.6 Å². The molecule has 0 saturated carbocycles. The summed E-state index contributed by atoms with van der Waals surface area (Å²) in [5.74, 6) is -2.40. The van der Waals surface area contributed by atoms with Gasteiger partial charge in [0.05, 0.1) is 20.1 Å². The van der Waals surface area contributed by atoms with Crippen molar-refractivity contribution in [1.29, 1.82) is 0 Å². The molecule has 0 fully saturated rings. The number of esters is 1. The van der Waals surface area contributed by atoms with Crippen LogP contribution in [0.3, 0.4) is 0 Å². The van der Waals surface area contributed by atoms with Gasteiger partial charge in [0.25, 0.3) is 0 Å². The molecule has 3 nitrogen and oxygen atoms in total. The fraction of sp³-hybridized carbons (Fsp3) is 0.364. The first-order valence-corrected chi connectivity index (χ1v) is 4.76. The third-order valence-corrected chi connectivity index (χ3v) is 1.96. The lowest BCUT2D eigenvalue weighted by molar-refractivity contribution is -0.142. The maximum atomic E-state index is 12.9. The number of methoxy groups -OCH3 is 1. The molecule has 1 rings (SSSR count). The van der Waals surface area contributed by atoms with Gasteiger partial charge < -0.3 is 9.47 Å². The zero-order chi connectivity index (χ0) is 12.1. The topological polar surface area (TPSA) is 35.5 Å². The molecule has 0 aliphatic rings. The Bertz CT molecular complexity index is 391. The average molecular weight is 230 g/mol. The summed E-state index contributed by atoms with van der Waals surface area (Å²) >= 11 is 0. The molecule has 0 spiro atoms. The summed E-state index contributed by atoms with van der Waals surface area (Å²) in [6.45, 7) is 1.91. The average Bonchev–Trinajstić information content (AvgIpc) is 2.23. The molecule has 0 saturated heterocycles. The van der Waals surface area contributed by atoms with Crippen molar-refractivity contribution >= 4 is 5.97 Å². The number of benzene rings is 1. The molecule has 1 aromatic carbocycles. The molecule has 0 radical (unpaired) electrons. The predicted octanol–water partition coefficient (Wildman–Crippen LogP) is 2.08. The van der Waals surface area contributed by atoms with Crippen LogP contribution in [-0.4, -0.2) is 19.7 Å². The van der Waals surface area contributed by atoms with E-state index < -0.39 is 17.6 Å². The van der Waals surface area contributed by atoms with Crippen LogP contribution < -0.4 is 4.74 Å². The highest BCUT2D eigenvalue weighted by Gasteiger charge is 2.13. The first-order valence-electron chi connectivity index (χ1n) is 4.76. The highest BCUT2D eigenvalue weighted by atomic mass is 19.2. The number of rotatable bonds is 4. The normalized spacial score (nSPS) is 10.0. The van der Waals surface area contributed by atoms with E-state index in [2.05, 4.69) is 0 Å². The summed E-state index contributed by atoms with van der Waals surface area (Å²) in [5, 5.41) is 0. The molecule has 5 heteroatoms. The van der Waals surface area contributed by atoms with Crippen molar-refractivity contribution in [1.82, 2.24) is 0 Å². The lowest BCUT2D eigenvalue weighted by atomic mass is 10.1. The number of carbonyl (C=O) groups is 1. The van der Waals surface area contributed by atoms with Crippen LogP contribution >= 0.6 is 0 Å². The Morgan fingerprint density at radius 2 is 1.94 bits per heavy atom. The van der Waals surface area contributed by atoms with Gasteiger partial charge in [-0.15, -0.1) is 0 Å². The van der Waals surface area contributed by atoms with Gasteiger partial charge >= 0.3 is 5.97 Å². The first-order chi connectivity index (χ1) is 7.58. The molecule has 0 unspecified atom stereocenters. The molecule has 1 aromatic rings. The molecule has 0 atom stereocenters. The van der Waals surface area contributed by atoms with Gasteiger partial charge in [-0.05, 0) is 13.0 Å². The fourth-order valence-electron chi connectivity index (χ4n) is 1.27. The third kappa shape index (κ3) is 2.92. The van der Waals surface area contributed by atoms with E-state index in [0.29, 0.717) is 0 Å². The Morgan fingerprint density at radius 3 is 2.50 bits per heavy atom. The minimum atomic E-state index is -1.01. The number of hydrogen-bond donors (Lipinski definition) is 0. The van der Waals surface area contributed by atoms with E-state index in [9.17, 15) is 13.6 Å². The number of hydrogen-bond acceptors (Lipinski definition) is 3. The van der Waals surface area contributed by atoms with Crippen molar-refractivity contribution in [3.05, 3.63) is 29.3 Å². The summed E-state index contributed by atoms with van der Waals surface area (Å²) in [6, 6.07) is 1.84. The smallest absolute Gasteiger partial charge is 0.310 e. The van der Waals surface area contributed by atoms with Gasteiger partial charge in [-0.25, -0.2) is 8.78 Å². The Kier molecular flexibility index (Phi) is 4.22. The van der Waals surface area contributed by atoms with Gasteiger partial charge in [0.1, 0.15) is 5.75 Å². The van der Waals surface area contributed by atoms with Gasteiger partial charge in [0.2, 0.25) is 0 Å². The van der Waals surface area contributed by atoms with Crippen LogP contribution in [0.2, 0.25) is 0 Å². The molecule has 0 N–H and O–H groups in total. The quantitative estimate of drug-likeness (QED) is 0.743. The highest BCUT2D eigenvalue weighted by molar-refractivity contribution is 5.73. The lowest BCUT2D eigenvalue weighted by Crippen LogP contribution is -2.09. The molecule has 0 aliphatic carbocycles. The summed E-state index contributed by atoms with van der Waals surface area (Å²) in [4.78, 5) is 11.2. The van der Waals surface area contributed by atoms with Crippen LogP contribution in [0.4, 0.5) is 8.78 Å². The van der Waals surface area contributed by atoms with E-state index >= 15 is 0 Å². The van der Waals surface area contributed by atoms with Crippen molar-refractivity contribution in [2.75, 3.05) is 13.7 Å². The Balaban J connectivity index is 2.94. The van der Waals surface area contributed by atoms with Crippen LogP contribution in [0.25, 0.3) is 0 Å². The Labute approximate surface area is 92.0 Å². The fourth-order valence-corrected chi connectivity index (χ4v) is 1.27. The summed E-state index contributed by atoms with van der Waals surface area (Å²) in [7, 11) is 1.32. The maximum Gasteiger partial charge on any atom is 0.310 e. The molecule has 0 amide bonds. The zero-order valence-corrected chi connectivity index (χ0v) is 9.05. The molecule has 0 heterocycles. The molecule has 88 valence electrons. The Hall–Kier alpha value is -1.65. The van der Waals surface area contributed by atoms with E-state index in [1.165, 1.54) is 7.11 Å². The second-order valence-corrected chi connectivity index (χ2v) is 3.06. The first kappa shape index (κ1) is 12.4. The van der Waals surface area contributed by atoms with Gasteiger partial charge in [-0.2, -0.15) is 0 Å². The standard InChI is InChI=1S/C11H12F2O3/c1-3-16-11(14)5-7-4-8(12)9(13)6-10(7)15-2/h4,6H,3,5H2,1-2H3.